The number of nitrogens with one attached hydrogen (secondary N) is 1. The highest BCUT2D eigenvalue weighted by atomic mass is 16.5. The molecule has 0 aromatic carbocycles. The van der Waals surface area contributed by atoms with Crippen LogP contribution in [0.3, 0.4) is 0 Å². The van der Waals surface area contributed by atoms with Gasteiger partial charge in [0.25, 0.3) is 0 Å². The van der Waals surface area contributed by atoms with E-state index in [0.29, 0.717) is 32.3 Å². The van der Waals surface area contributed by atoms with Crippen molar-refractivity contribution in [3.8, 4) is 5.88 Å². The molecule has 1 aromatic rings. The van der Waals surface area contributed by atoms with Crippen molar-refractivity contribution in [1.82, 2.24) is 9.97 Å². The summed E-state index contributed by atoms with van der Waals surface area (Å²) >= 11 is 0. The largest absolute Gasteiger partial charge is 0.475 e. The van der Waals surface area contributed by atoms with E-state index in [1.54, 1.807) is 13.2 Å². The minimum atomic E-state index is 0.468. The average Bonchev–Trinajstić information content (AvgIpc) is 2.43. The zero-order chi connectivity index (χ0) is 13.9. The molecule has 0 unspecified atom stereocenters. The smallest absolute Gasteiger partial charge is 0.218 e. The summed E-state index contributed by atoms with van der Waals surface area (Å²) in [5, 5.41) is 3.16. The van der Waals surface area contributed by atoms with E-state index in [4.69, 9.17) is 14.2 Å². The third kappa shape index (κ3) is 6.35. The van der Waals surface area contributed by atoms with Crippen LogP contribution in [-0.4, -0.2) is 50.1 Å². The summed E-state index contributed by atoms with van der Waals surface area (Å²) in [6.45, 7) is 7.02. The number of aryl methyl sites for hydroxylation is 1. The van der Waals surface area contributed by atoms with Gasteiger partial charge in [-0.1, -0.05) is 6.92 Å². The van der Waals surface area contributed by atoms with E-state index in [-0.39, 0.29) is 0 Å². The highest BCUT2D eigenvalue weighted by Crippen LogP contribution is 2.13. The lowest BCUT2D eigenvalue weighted by Crippen LogP contribution is -2.12. The molecule has 6 heteroatoms. The third-order valence-electron chi connectivity index (χ3n) is 2.33. The number of anilines is 1. The molecule has 0 fully saturated rings. The number of hydrogen-bond acceptors (Lipinski definition) is 6. The van der Waals surface area contributed by atoms with E-state index in [0.717, 1.165) is 24.6 Å². The molecule has 6 nitrogen and oxygen atoms in total. The fourth-order valence-corrected chi connectivity index (χ4v) is 1.43. The Morgan fingerprint density at radius 1 is 1.11 bits per heavy atom. The molecule has 1 heterocycles. The maximum Gasteiger partial charge on any atom is 0.218 e. The van der Waals surface area contributed by atoms with Crippen LogP contribution in [0, 0.1) is 0 Å². The van der Waals surface area contributed by atoms with Crippen LogP contribution in [0.4, 0.5) is 5.82 Å². The summed E-state index contributed by atoms with van der Waals surface area (Å²) in [4.78, 5) is 8.67. The number of methoxy groups -OCH3 is 1. The molecule has 0 radical (unpaired) electrons. The number of hydrogen-bond donors (Lipinski definition) is 1. The zero-order valence-corrected chi connectivity index (χ0v) is 11.9. The summed E-state index contributed by atoms with van der Waals surface area (Å²) < 4.78 is 15.8. The number of ether oxygens (including phenoxy) is 3. The molecule has 0 amide bonds. The fraction of sp³-hybridized carbons (Fsp3) is 0.692. The van der Waals surface area contributed by atoms with Gasteiger partial charge in [-0.2, -0.15) is 4.98 Å². The first-order chi connectivity index (χ1) is 9.30. The molecular formula is C13H23N3O3. The molecule has 0 bridgehead atoms. The van der Waals surface area contributed by atoms with Crippen molar-refractivity contribution < 1.29 is 14.2 Å². The van der Waals surface area contributed by atoms with Crippen LogP contribution >= 0.6 is 0 Å². The molecule has 1 N–H and O–H groups in total. The molecule has 1 aromatic heterocycles. The van der Waals surface area contributed by atoms with E-state index in [1.165, 1.54) is 0 Å². The van der Waals surface area contributed by atoms with Crippen LogP contribution in [-0.2, 0) is 15.9 Å². The Morgan fingerprint density at radius 3 is 2.58 bits per heavy atom. The Bertz CT molecular complexity index is 361. The van der Waals surface area contributed by atoms with E-state index in [9.17, 15) is 0 Å². The molecule has 0 spiro atoms. The summed E-state index contributed by atoms with van der Waals surface area (Å²) in [5.74, 6) is 2.15. The van der Waals surface area contributed by atoms with Gasteiger partial charge >= 0.3 is 0 Å². The van der Waals surface area contributed by atoms with Crippen LogP contribution in [0.15, 0.2) is 6.07 Å². The SMILES string of the molecule is CCNc1cc(OCCOCCOC)nc(CC)n1. The second-order valence-electron chi connectivity index (χ2n) is 3.85. The molecular weight excluding hydrogens is 246 g/mol. The van der Waals surface area contributed by atoms with E-state index in [2.05, 4.69) is 15.3 Å². The molecule has 0 aliphatic rings. The van der Waals surface area contributed by atoms with Crippen LogP contribution in [0.25, 0.3) is 0 Å². The van der Waals surface area contributed by atoms with Gasteiger partial charge in [0.05, 0.1) is 19.8 Å². The lowest BCUT2D eigenvalue weighted by atomic mass is 10.4. The maximum absolute atomic E-state index is 5.56. The topological polar surface area (TPSA) is 65.5 Å². The standard InChI is InChI=1S/C13H23N3O3/c1-4-11-15-12(14-5-2)10-13(16-11)19-9-8-18-7-6-17-3/h10H,4-9H2,1-3H3,(H,14,15,16). The molecule has 0 aliphatic heterocycles. The number of aromatic nitrogens is 2. The Labute approximate surface area is 114 Å². The van der Waals surface area contributed by atoms with Crippen LogP contribution in [0.5, 0.6) is 5.88 Å². The van der Waals surface area contributed by atoms with Gasteiger partial charge in [-0.25, -0.2) is 4.98 Å². The first-order valence-corrected chi connectivity index (χ1v) is 6.61. The Morgan fingerprint density at radius 2 is 1.89 bits per heavy atom. The normalized spacial score (nSPS) is 10.5. The van der Waals surface area contributed by atoms with Crippen molar-refractivity contribution in [3.63, 3.8) is 0 Å². The second kappa shape index (κ2) is 9.52. The predicted molar refractivity (Wildman–Crippen MR) is 73.8 cm³/mol. The molecule has 0 saturated heterocycles. The van der Waals surface area contributed by atoms with Gasteiger partial charge in [0.2, 0.25) is 5.88 Å². The number of nitrogens with zero attached hydrogens (tertiary/aromatic N) is 2. The van der Waals surface area contributed by atoms with E-state index >= 15 is 0 Å². The average molecular weight is 269 g/mol. The molecule has 108 valence electrons. The van der Waals surface area contributed by atoms with Gasteiger partial charge in [0.1, 0.15) is 18.2 Å². The van der Waals surface area contributed by atoms with Crippen LogP contribution in [0.1, 0.15) is 19.7 Å². The van der Waals surface area contributed by atoms with Gasteiger partial charge in [-0.15, -0.1) is 0 Å². The molecule has 0 atom stereocenters. The first kappa shape index (κ1) is 15.7. The number of rotatable bonds is 10. The van der Waals surface area contributed by atoms with Crippen molar-refractivity contribution in [1.29, 1.82) is 0 Å². The van der Waals surface area contributed by atoms with Crippen molar-refractivity contribution in [2.24, 2.45) is 0 Å². The van der Waals surface area contributed by atoms with Crippen molar-refractivity contribution in [2.75, 3.05) is 45.4 Å². The minimum Gasteiger partial charge on any atom is -0.475 e. The van der Waals surface area contributed by atoms with Gasteiger partial charge in [-0.3, -0.25) is 0 Å². The van der Waals surface area contributed by atoms with Crippen molar-refractivity contribution in [3.05, 3.63) is 11.9 Å². The van der Waals surface area contributed by atoms with E-state index in [1.807, 2.05) is 13.8 Å². The minimum absolute atomic E-state index is 0.468. The lowest BCUT2D eigenvalue weighted by Gasteiger charge is -2.09. The van der Waals surface area contributed by atoms with E-state index < -0.39 is 0 Å². The molecule has 0 aliphatic carbocycles. The summed E-state index contributed by atoms with van der Waals surface area (Å²) in [6, 6.07) is 1.80. The Kier molecular flexibility index (Phi) is 7.84. The molecule has 0 saturated carbocycles. The lowest BCUT2D eigenvalue weighted by molar-refractivity contribution is 0.0536. The predicted octanol–water partition coefficient (Wildman–Crippen LogP) is 1.51. The van der Waals surface area contributed by atoms with Gasteiger partial charge in [-0.05, 0) is 6.92 Å². The Hall–Kier alpha value is -1.40. The maximum atomic E-state index is 5.56. The third-order valence-corrected chi connectivity index (χ3v) is 2.33. The quantitative estimate of drug-likeness (QED) is 0.650. The van der Waals surface area contributed by atoms with Crippen molar-refractivity contribution in [2.45, 2.75) is 20.3 Å². The second-order valence-corrected chi connectivity index (χ2v) is 3.85. The highest BCUT2D eigenvalue weighted by molar-refractivity contribution is 5.38. The summed E-state index contributed by atoms with van der Waals surface area (Å²) in [5.41, 5.74) is 0. The van der Waals surface area contributed by atoms with Crippen molar-refractivity contribution >= 4 is 5.82 Å². The molecule has 19 heavy (non-hydrogen) atoms. The Balaban J connectivity index is 2.41. The van der Waals surface area contributed by atoms with Gasteiger partial charge in [0.15, 0.2) is 0 Å². The first-order valence-electron chi connectivity index (χ1n) is 6.61. The zero-order valence-electron chi connectivity index (χ0n) is 11.9. The van der Waals surface area contributed by atoms with Gasteiger partial charge in [0, 0.05) is 26.1 Å². The van der Waals surface area contributed by atoms with Crippen LogP contribution < -0.4 is 10.1 Å². The highest BCUT2D eigenvalue weighted by Gasteiger charge is 2.03. The molecule has 1 rings (SSSR count). The van der Waals surface area contributed by atoms with Crippen LogP contribution in [0.2, 0.25) is 0 Å². The summed E-state index contributed by atoms with van der Waals surface area (Å²) in [6.07, 6.45) is 0.778. The monoisotopic (exact) mass is 269 g/mol. The summed E-state index contributed by atoms with van der Waals surface area (Å²) in [7, 11) is 1.65. The van der Waals surface area contributed by atoms with Gasteiger partial charge < -0.3 is 19.5 Å². The fourth-order valence-electron chi connectivity index (χ4n) is 1.43.